The van der Waals surface area contributed by atoms with Crippen LogP contribution in [-0.2, 0) is 20.7 Å². The third kappa shape index (κ3) is 5.85. The Bertz CT molecular complexity index is 681. The fourth-order valence-corrected chi connectivity index (χ4v) is 3.62. The van der Waals surface area contributed by atoms with E-state index < -0.39 is 17.2 Å². The lowest BCUT2D eigenvalue weighted by molar-refractivity contribution is -0.161. The summed E-state index contributed by atoms with van der Waals surface area (Å²) in [6, 6.07) is 7.29. The number of nitrogens with zero attached hydrogens (tertiary/aromatic N) is 1. The lowest BCUT2D eigenvalue weighted by atomic mass is 9.75. The Morgan fingerprint density at radius 2 is 1.86 bits per heavy atom. The van der Waals surface area contributed by atoms with Crippen molar-refractivity contribution in [1.29, 1.82) is 0 Å². The molecule has 1 aliphatic rings. The molecule has 1 amide bonds. The molecule has 0 heterocycles. The Hall–Kier alpha value is -1.79. The van der Waals surface area contributed by atoms with Gasteiger partial charge in [0, 0.05) is 17.6 Å². The molecule has 0 radical (unpaired) electrons. The average molecular weight is 411 g/mol. The Kier molecular flexibility index (Phi) is 7.34. The number of carbonyl (C=O) groups is 2. The average Bonchev–Trinajstić information content (AvgIpc) is 2.53. The Morgan fingerprint density at radius 1 is 1.25 bits per heavy atom. The van der Waals surface area contributed by atoms with Crippen molar-refractivity contribution in [1.82, 2.24) is 10.2 Å². The number of hydrogen-bond acceptors (Lipinski definition) is 5. The molecule has 0 unspecified atom stereocenters. The summed E-state index contributed by atoms with van der Waals surface area (Å²) in [5, 5.41) is 3.62. The fraction of sp³-hybridized carbons (Fsp3) is 0.619. The van der Waals surface area contributed by atoms with Gasteiger partial charge in [-0.3, -0.25) is 9.69 Å². The van der Waals surface area contributed by atoms with E-state index in [1.807, 2.05) is 57.0 Å². The first-order chi connectivity index (χ1) is 13.1. The highest BCUT2D eigenvalue weighted by Gasteiger charge is 2.49. The summed E-state index contributed by atoms with van der Waals surface area (Å²) in [6.45, 7) is 5.98. The molecule has 0 aromatic heterocycles. The highest BCUT2D eigenvalue weighted by molar-refractivity contribution is 6.30. The zero-order valence-corrected chi connectivity index (χ0v) is 18.1. The van der Waals surface area contributed by atoms with Crippen molar-refractivity contribution < 1.29 is 19.1 Å². The van der Waals surface area contributed by atoms with Crippen LogP contribution in [0, 0.1) is 0 Å². The maximum absolute atomic E-state index is 12.4. The minimum Gasteiger partial charge on any atom is -0.468 e. The van der Waals surface area contributed by atoms with Gasteiger partial charge in [-0.1, -0.05) is 23.7 Å². The predicted molar refractivity (Wildman–Crippen MR) is 110 cm³/mol. The second-order valence-electron chi connectivity index (χ2n) is 8.43. The van der Waals surface area contributed by atoms with Crippen LogP contribution in [0.25, 0.3) is 0 Å². The summed E-state index contributed by atoms with van der Waals surface area (Å²) in [5.41, 5.74) is -0.149. The molecular formula is C21H31ClN2O4. The molecule has 1 fully saturated rings. The molecule has 28 heavy (non-hydrogen) atoms. The molecule has 2 rings (SSSR count). The van der Waals surface area contributed by atoms with Crippen molar-refractivity contribution in [3.05, 3.63) is 34.9 Å². The molecule has 1 aliphatic carbocycles. The highest BCUT2D eigenvalue weighted by atomic mass is 35.5. The van der Waals surface area contributed by atoms with E-state index in [-0.39, 0.29) is 12.0 Å². The molecule has 6 nitrogen and oxygen atoms in total. The van der Waals surface area contributed by atoms with E-state index in [9.17, 15) is 9.59 Å². The van der Waals surface area contributed by atoms with Gasteiger partial charge in [0.25, 0.3) is 0 Å². The first-order valence-corrected chi connectivity index (χ1v) is 9.97. The lowest BCUT2D eigenvalue weighted by Crippen LogP contribution is -2.61. The van der Waals surface area contributed by atoms with Crippen molar-refractivity contribution in [3.8, 4) is 0 Å². The van der Waals surface area contributed by atoms with Crippen LogP contribution in [0.2, 0.25) is 5.02 Å². The normalized spacial score (nSPS) is 16.8. The van der Waals surface area contributed by atoms with Crippen LogP contribution in [0.15, 0.2) is 24.3 Å². The first-order valence-electron chi connectivity index (χ1n) is 9.59. The number of ether oxygens (including phenoxy) is 2. The number of rotatable bonds is 7. The summed E-state index contributed by atoms with van der Waals surface area (Å²) >= 11 is 5.98. The molecule has 0 bridgehead atoms. The van der Waals surface area contributed by atoms with Gasteiger partial charge in [-0.25, -0.2) is 4.79 Å². The van der Waals surface area contributed by atoms with Gasteiger partial charge in [-0.15, -0.1) is 0 Å². The van der Waals surface area contributed by atoms with Crippen molar-refractivity contribution in [2.24, 2.45) is 0 Å². The largest absolute Gasteiger partial charge is 0.468 e. The van der Waals surface area contributed by atoms with Crippen LogP contribution in [-0.4, -0.2) is 54.8 Å². The zero-order chi connectivity index (χ0) is 20.9. The van der Waals surface area contributed by atoms with Crippen LogP contribution in [0.4, 0.5) is 4.79 Å². The maximum atomic E-state index is 12.4. The number of amides is 1. The number of carbonyl (C=O) groups excluding carboxylic acids is 2. The maximum Gasteiger partial charge on any atom is 0.407 e. The van der Waals surface area contributed by atoms with E-state index in [4.69, 9.17) is 21.1 Å². The van der Waals surface area contributed by atoms with Crippen LogP contribution >= 0.6 is 11.6 Å². The minimum absolute atomic E-state index is 0.219. The monoisotopic (exact) mass is 410 g/mol. The number of nitrogens with one attached hydrogen (secondary N) is 1. The standard InChI is InChI=1S/C21H31ClN2O4/c1-20(2,3)28-19(26)23-17(13-15-7-9-16(22)10-8-15)14-24(4)21(11-6-12-21)18(25)27-5/h7-10,17H,6,11-14H2,1-5H3,(H,23,26)/t17-/m0/s1. The molecule has 0 aliphatic heterocycles. The van der Waals surface area contributed by atoms with E-state index in [0.717, 1.165) is 24.8 Å². The van der Waals surface area contributed by atoms with Gasteiger partial charge in [0.05, 0.1) is 7.11 Å². The predicted octanol–water partition coefficient (Wildman–Crippen LogP) is 3.80. The number of hydrogen-bond donors (Lipinski definition) is 1. The Labute approximate surface area is 172 Å². The third-order valence-electron chi connectivity index (χ3n) is 5.09. The second-order valence-corrected chi connectivity index (χ2v) is 8.87. The molecule has 1 aromatic carbocycles. The number of halogens is 1. The van der Waals surface area contributed by atoms with Gasteiger partial charge in [-0.2, -0.15) is 0 Å². The van der Waals surface area contributed by atoms with Crippen molar-refractivity contribution in [2.45, 2.75) is 63.6 Å². The fourth-order valence-electron chi connectivity index (χ4n) is 3.49. The van der Waals surface area contributed by atoms with E-state index >= 15 is 0 Å². The quantitative estimate of drug-likeness (QED) is 0.692. The Balaban J connectivity index is 2.13. The van der Waals surface area contributed by atoms with E-state index in [1.165, 1.54) is 7.11 Å². The number of likely N-dealkylation sites (N-methyl/N-ethyl adjacent to an activating group) is 1. The molecular weight excluding hydrogens is 380 g/mol. The van der Waals surface area contributed by atoms with Gasteiger partial charge in [0.2, 0.25) is 0 Å². The summed E-state index contributed by atoms with van der Waals surface area (Å²) < 4.78 is 10.5. The van der Waals surface area contributed by atoms with Gasteiger partial charge in [0.1, 0.15) is 11.1 Å². The Morgan fingerprint density at radius 3 is 2.32 bits per heavy atom. The number of alkyl carbamates (subject to hydrolysis) is 1. The van der Waals surface area contributed by atoms with Crippen LogP contribution < -0.4 is 5.32 Å². The number of esters is 1. The molecule has 7 heteroatoms. The molecule has 1 saturated carbocycles. The summed E-state index contributed by atoms with van der Waals surface area (Å²) in [4.78, 5) is 26.7. The van der Waals surface area contributed by atoms with E-state index in [0.29, 0.717) is 18.0 Å². The van der Waals surface area contributed by atoms with Gasteiger partial charge < -0.3 is 14.8 Å². The van der Waals surface area contributed by atoms with Crippen molar-refractivity contribution in [3.63, 3.8) is 0 Å². The van der Waals surface area contributed by atoms with Crippen LogP contribution in [0.1, 0.15) is 45.6 Å². The van der Waals surface area contributed by atoms with Gasteiger partial charge in [0.15, 0.2) is 0 Å². The second kappa shape index (κ2) is 9.14. The first kappa shape index (κ1) is 22.5. The molecule has 1 aromatic rings. The summed E-state index contributed by atoms with van der Waals surface area (Å²) in [7, 11) is 3.32. The van der Waals surface area contributed by atoms with Crippen molar-refractivity contribution in [2.75, 3.05) is 20.7 Å². The van der Waals surface area contributed by atoms with E-state index in [1.54, 1.807) is 0 Å². The molecule has 1 N–H and O–H groups in total. The van der Waals surface area contributed by atoms with Gasteiger partial charge in [-0.05, 0) is 71.2 Å². The molecule has 0 spiro atoms. The molecule has 1 atom stereocenters. The number of methoxy groups -OCH3 is 1. The topological polar surface area (TPSA) is 67.9 Å². The summed E-state index contributed by atoms with van der Waals surface area (Å²) in [6.07, 6.45) is 2.63. The molecule has 156 valence electrons. The smallest absolute Gasteiger partial charge is 0.407 e. The third-order valence-corrected chi connectivity index (χ3v) is 5.34. The minimum atomic E-state index is -0.609. The van der Waals surface area contributed by atoms with Crippen LogP contribution in [0.5, 0.6) is 0 Å². The molecule has 0 saturated heterocycles. The number of benzene rings is 1. The van der Waals surface area contributed by atoms with E-state index in [2.05, 4.69) is 5.32 Å². The van der Waals surface area contributed by atoms with Crippen LogP contribution in [0.3, 0.4) is 0 Å². The SMILES string of the molecule is COC(=O)C1(N(C)C[C@H](Cc2ccc(Cl)cc2)NC(=O)OC(C)(C)C)CCC1. The summed E-state index contributed by atoms with van der Waals surface area (Å²) in [5.74, 6) is -0.219. The van der Waals surface area contributed by atoms with Gasteiger partial charge >= 0.3 is 12.1 Å². The zero-order valence-electron chi connectivity index (χ0n) is 17.4. The lowest BCUT2D eigenvalue weighted by Gasteiger charge is -2.46. The van der Waals surface area contributed by atoms with Crippen molar-refractivity contribution >= 4 is 23.7 Å². The highest BCUT2D eigenvalue weighted by Crippen LogP contribution is 2.38.